The molecule has 0 unspecified atom stereocenters. The monoisotopic (exact) mass is 432 g/mol. The lowest BCUT2D eigenvalue weighted by molar-refractivity contribution is -0.883. The van der Waals surface area contributed by atoms with Gasteiger partial charge in [0.25, 0.3) is 5.91 Å². The second-order valence-corrected chi connectivity index (χ2v) is 12.4. The van der Waals surface area contributed by atoms with E-state index in [-0.39, 0.29) is 16.2 Å². The van der Waals surface area contributed by atoms with Crippen molar-refractivity contribution in [3.8, 4) is 0 Å². The predicted molar refractivity (Wildman–Crippen MR) is 115 cm³/mol. The summed E-state index contributed by atoms with van der Waals surface area (Å²) in [7, 11) is -1.47. The van der Waals surface area contributed by atoms with Gasteiger partial charge in [-0.05, 0) is 79.9 Å². The number of amides is 1. The summed E-state index contributed by atoms with van der Waals surface area (Å²) in [6.45, 7) is 3.40. The molecule has 7 heteroatoms. The van der Waals surface area contributed by atoms with Crippen molar-refractivity contribution in [3.63, 3.8) is 0 Å². The van der Waals surface area contributed by atoms with Crippen LogP contribution < -0.4 is 10.2 Å². The van der Waals surface area contributed by atoms with Crippen LogP contribution in [0, 0.1) is 23.2 Å². The molecular formula is C23H34N3O3S+. The average Bonchev–Trinajstić information content (AvgIpc) is 2.71. The number of carbonyl (C=O) groups excluding carboxylic acids is 1. The molecule has 30 heavy (non-hydrogen) atoms. The molecule has 0 radical (unpaired) electrons. The van der Waals surface area contributed by atoms with Crippen molar-refractivity contribution >= 4 is 15.9 Å². The van der Waals surface area contributed by atoms with Gasteiger partial charge in [0, 0.05) is 12.1 Å². The Bertz CT molecular complexity index is 886. The molecule has 2 N–H and O–H groups in total. The fourth-order valence-corrected chi connectivity index (χ4v) is 8.42. The van der Waals surface area contributed by atoms with Crippen LogP contribution in [0.4, 0.5) is 0 Å². The maximum Gasteiger partial charge on any atom is 0.251 e. The van der Waals surface area contributed by atoms with Gasteiger partial charge >= 0.3 is 0 Å². The Kier molecular flexibility index (Phi) is 5.19. The molecule has 1 heterocycles. The maximum atomic E-state index is 13.0. The topological polar surface area (TPSA) is 70.9 Å². The van der Waals surface area contributed by atoms with E-state index in [1.807, 2.05) is 0 Å². The van der Waals surface area contributed by atoms with E-state index in [0.717, 1.165) is 37.4 Å². The van der Waals surface area contributed by atoms with Crippen molar-refractivity contribution in [1.82, 2.24) is 9.62 Å². The smallest absolute Gasteiger partial charge is 0.251 e. The van der Waals surface area contributed by atoms with E-state index < -0.39 is 10.0 Å². The summed E-state index contributed by atoms with van der Waals surface area (Å²) in [5, 5.41) is 3.17. The van der Waals surface area contributed by atoms with Gasteiger partial charge < -0.3 is 10.2 Å². The van der Waals surface area contributed by atoms with Gasteiger partial charge in [-0.3, -0.25) is 4.79 Å². The first kappa shape index (κ1) is 20.5. The molecule has 4 bridgehead atoms. The van der Waals surface area contributed by atoms with Crippen LogP contribution >= 0.6 is 0 Å². The lowest BCUT2D eigenvalue weighted by Crippen LogP contribution is -3.12. The molecular weight excluding hydrogens is 398 g/mol. The quantitative estimate of drug-likeness (QED) is 0.733. The molecule has 0 atom stereocenters. The van der Waals surface area contributed by atoms with E-state index in [2.05, 4.69) is 12.4 Å². The van der Waals surface area contributed by atoms with Gasteiger partial charge in [-0.2, -0.15) is 4.31 Å². The van der Waals surface area contributed by atoms with Crippen molar-refractivity contribution in [3.05, 3.63) is 29.8 Å². The fourth-order valence-electron chi connectivity index (χ4n) is 6.93. The molecule has 1 amide bonds. The lowest BCUT2D eigenvalue weighted by atomic mass is 9.49. The number of rotatable bonds is 5. The molecule has 6 rings (SSSR count). The molecule has 4 saturated carbocycles. The molecule has 4 aliphatic carbocycles. The minimum absolute atomic E-state index is 0.148. The zero-order chi connectivity index (χ0) is 20.9. The van der Waals surface area contributed by atoms with Gasteiger partial charge in [-0.1, -0.05) is 6.07 Å². The molecule has 1 aliphatic heterocycles. The van der Waals surface area contributed by atoms with E-state index in [0.29, 0.717) is 18.7 Å². The first-order chi connectivity index (χ1) is 14.3. The Morgan fingerprint density at radius 2 is 1.70 bits per heavy atom. The van der Waals surface area contributed by atoms with Crippen LogP contribution in [0.5, 0.6) is 0 Å². The predicted octanol–water partition coefficient (Wildman–Crippen LogP) is 1.15. The van der Waals surface area contributed by atoms with Gasteiger partial charge in [-0.15, -0.1) is 0 Å². The molecule has 5 aliphatic rings. The minimum atomic E-state index is -3.55. The van der Waals surface area contributed by atoms with E-state index in [1.54, 1.807) is 28.6 Å². The summed E-state index contributed by atoms with van der Waals surface area (Å²) in [5.74, 6) is 2.41. The van der Waals surface area contributed by atoms with Crippen molar-refractivity contribution < 1.29 is 18.1 Å². The minimum Gasteiger partial charge on any atom is -0.351 e. The standard InChI is InChI=1S/C23H33N3O3S/c1-25-5-7-26(8-6-25)30(28,29)21-4-2-3-20(12-21)22(27)24-16-23-13-17-9-18(14-23)11-19(10-17)15-23/h2-4,12,17-19H,5-11,13-16H2,1H3,(H,24,27)/p+1. The average molecular weight is 433 g/mol. The van der Waals surface area contributed by atoms with Gasteiger partial charge in [0.05, 0.1) is 38.1 Å². The van der Waals surface area contributed by atoms with Crippen molar-refractivity contribution in [2.24, 2.45) is 23.2 Å². The third kappa shape index (κ3) is 3.80. The summed E-state index contributed by atoms with van der Waals surface area (Å²) in [6, 6.07) is 6.57. The van der Waals surface area contributed by atoms with Crippen LogP contribution in [0.1, 0.15) is 48.9 Å². The SMILES string of the molecule is C[NH+]1CCN(S(=O)(=O)c2cccc(C(=O)NCC34CC5CC(CC(C5)C3)C4)c2)CC1. The van der Waals surface area contributed by atoms with Crippen LogP contribution in [-0.4, -0.2) is 58.4 Å². The first-order valence-corrected chi connectivity index (χ1v) is 13.0. The Hall–Kier alpha value is -1.44. The maximum absolute atomic E-state index is 13.0. The van der Waals surface area contributed by atoms with E-state index in [1.165, 1.54) is 43.4 Å². The Labute approximate surface area is 180 Å². The van der Waals surface area contributed by atoms with Crippen LogP contribution in [0.15, 0.2) is 29.2 Å². The number of sulfonamides is 1. The van der Waals surface area contributed by atoms with Crippen LogP contribution in [0.2, 0.25) is 0 Å². The number of likely N-dealkylation sites (N-methyl/N-ethyl adjacent to an activating group) is 1. The highest BCUT2D eigenvalue weighted by Gasteiger charge is 2.50. The molecule has 6 nitrogen and oxygen atoms in total. The normalized spacial score (nSPS) is 34.2. The van der Waals surface area contributed by atoms with Gasteiger partial charge in [0.15, 0.2) is 0 Å². The lowest BCUT2D eigenvalue weighted by Gasteiger charge is -2.56. The fraction of sp³-hybridized carbons (Fsp3) is 0.696. The molecule has 1 saturated heterocycles. The summed E-state index contributed by atoms with van der Waals surface area (Å²) in [5.41, 5.74) is 0.719. The Morgan fingerprint density at radius 3 is 2.30 bits per heavy atom. The number of quaternary nitrogens is 1. The zero-order valence-corrected chi connectivity index (χ0v) is 18.7. The third-order valence-electron chi connectivity index (χ3n) is 8.10. The van der Waals surface area contributed by atoms with Gasteiger partial charge in [-0.25, -0.2) is 8.42 Å². The molecule has 1 aromatic carbocycles. The van der Waals surface area contributed by atoms with Crippen molar-refractivity contribution in [2.75, 3.05) is 39.8 Å². The second kappa shape index (κ2) is 7.61. The number of hydrogen-bond donors (Lipinski definition) is 2. The van der Waals surface area contributed by atoms with E-state index >= 15 is 0 Å². The number of carbonyl (C=O) groups is 1. The Morgan fingerprint density at radius 1 is 1.10 bits per heavy atom. The highest BCUT2D eigenvalue weighted by Crippen LogP contribution is 2.59. The molecule has 5 fully saturated rings. The first-order valence-electron chi connectivity index (χ1n) is 11.5. The van der Waals surface area contributed by atoms with Gasteiger partial charge in [0.1, 0.15) is 0 Å². The summed E-state index contributed by atoms with van der Waals surface area (Å²) < 4.78 is 27.6. The second-order valence-electron chi connectivity index (χ2n) is 10.5. The van der Waals surface area contributed by atoms with Gasteiger partial charge in [0.2, 0.25) is 10.0 Å². The molecule has 164 valence electrons. The van der Waals surface area contributed by atoms with Crippen LogP contribution in [0.3, 0.4) is 0 Å². The number of hydrogen-bond acceptors (Lipinski definition) is 3. The number of benzene rings is 1. The summed E-state index contributed by atoms with van der Waals surface area (Å²) in [6.07, 6.45) is 7.92. The largest absolute Gasteiger partial charge is 0.351 e. The van der Waals surface area contributed by atoms with Crippen molar-refractivity contribution in [1.29, 1.82) is 0 Å². The highest BCUT2D eigenvalue weighted by atomic mass is 32.2. The number of nitrogens with zero attached hydrogens (tertiary/aromatic N) is 1. The number of nitrogens with one attached hydrogen (secondary N) is 2. The molecule has 1 aromatic rings. The van der Waals surface area contributed by atoms with E-state index in [4.69, 9.17) is 0 Å². The summed E-state index contributed by atoms with van der Waals surface area (Å²) >= 11 is 0. The highest BCUT2D eigenvalue weighted by molar-refractivity contribution is 7.89. The molecule has 0 spiro atoms. The van der Waals surface area contributed by atoms with Crippen molar-refractivity contribution in [2.45, 2.75) is 43.4 Å². The van der Waals surface area contributed by atoms with Crippen LogP contribution in [-0.2, 0) is 10.0 Å². The van der Waals surface area contributed by atoms with E-state index in [9.17, 15) is 13.2 Å². The third-order valence-corrected chi connectivity index (χ3v) is 9.99. The Balaban J connectivity index is 1.27. The number of piperazine rings is 1. The zero-order valence-electron chi connectivity index (χ0n) is 17.9. The molecule has 0 aromatic heterocycles. The summed E-state index contributed by atoms with van der Waals surface area (Å²) in [4.78, 5) is 14.5. The van der Waals surface area contributed by atoms with Crippen LogP contribution in [0.25, 0.3) is 0 Å².